The number of alkyl halides is 3. The van der Waals surface area contributed by atoms with Gasteiger partial charge in [-0.1, -0.05) is 11.8 Å². The second kappa shape index (κ2) is 13.0. The number of anilines is 1. The lowest BCUT2D eigenvalue weighted by atomic mass is 10.2. The summed E-state index contributed by atoms with van der Waals surface area (Å²) in [6, 6.07) is 0. The van der Waals surface area contributed by atoms with E-state index in [0.29, 0.717) is 12.8 Å². The predicted octanol–water partition coefficient (Wildman–Crippen LogP) is -0.324. The molecule has 1 aliphatic heterocycles. The summed E-state index contributed by atoms with van der Waals surface area (Å²) in [4.78, 5) is 44.0. The van der Waals surface area contributed by atoms with Gasteiger partial charge in [0.2, 0.25) is 0 Å². The SMILES string of the molecule is Nc1nc(=O)n(C2CCC(COP(=O)(O)O)O2)cc1C#CCOCCOCCNC(=O)C(F)(F)F. The van der Waals surface area contributed by atoms with Gasteiger partial charge in [0.25, 0.3) is 0 Å². The first-order chi connectivity index (χ1) is 16.4. The van der Waals surface area contributed by atoms with Crippen LogP contribution in [0.3, 0.4) is 0 Å². The fourth-order valence-corrected chi connectivity index (χ4v) is 3.15. The second-order valence-electron chi connectivity index (χ2n) is 7.03. The van der Waals surface area contributed by atoms with Gasteiger partial charge in [-0.15, -0.1) is 0 Å². The van der Waals surface area contributed by atoms with E-state index in [1.165, 1.54) is 10.8 Å². The summed E-state index contributed by atoms with van der Waals surface area (Å²) in [5.41, 5.74) is 5.27. The van der Waals surface area contributed by atoms with Gasteiger partial charge in [0.15, 0.2) is 0 Å². The molecule has 0 bridgehead atoms. The van der Waals surface area contributed by atoms with E-state index in [1.807, 2.05) is 0 Å². The highest BCUT2D eigenvalue weighted by Gasteiger charge is 2.38. The number of ether oxygens (including phenoxy) is 3. The Kier molecular flexibility index (Phi) is 10.7. The quantitative estimate of drug-likeness (QED) is 0.168. The Morgan fingerprint density at radius 2 is 2.03 bits per heavy atom. The number of carbonyl (C=O) groups is 1. The highest BCUT2D eigenvalue weighted by atomic mass is 31.2. The predicted molar refractivity (Wildman–Crippen MR) is 112 cm³/mol. The highest BCUT2D eigenvalue weighted by molar-refractivity contribution is 7.46. The lowest BCUT2D eigenvalue weighted by Gasteiger charge is -2.16. The molecule has 196 valence electrons. The summed E-state index contributed by atoms with van der Waals surface area (Å²) in [7, 11) is -4.64. The molecule has 17 heteroatoms. The van der Waals surface area contributed by atoms with Gasteiger partial charge in [0.05, 0.1) is 38.1 Å². The molecule has 13 nitrogen and oxygen atoms in total. The van der Waals surface area contributed by atoms with Gasteiger partial charge in [0, 0.05) is 12.7 Å². The number of nitrogens with zero attached hydrogens (tertiary/aromatic N) is 2. The first-order valence-electron chi connectivity index (χ1n) is 10.1. The van der Waals surface area contributed by atoms with E-state index in [1.54, 1.807) is 5.32 Å². The Morgan fingerprint density at radius 1 is 1.31 bits per heavy atom. The number of nitrogens with one attached hydrogen (secondary N) is 1. The Bertz CT molecular complexity index is 1030. The summed E-state index contributed by atoms with van der Waals surface area (Å²) in [6.45, 7) is -0.673. The van der Waals surface area contributed by atoms with E-state index in [-0.39, 0.29) is 51.0 Å². The summed E-state index contributed by atoms with van der Waals surface area (Å²) >= 11 is 0. The van der Waals surface area contributed by atoms with E-state index >= 15 is 0 Å². The molecule has 35 heavy (non-hydrogen) atoms. The molecule has 0 saturated carbocycles. The molecule has 1 fully saturated rings. The number of nitrogens with two attached hydrogens (primary N) is 1. The van der Waals surface area contributed by atoms with Crippen molar-refractivity contribution in [3.05, 3.63) is 22.2 Å². The Morgan fingerprint density at radius 3 is 2.71 bits per heavy atom. The normalized spacial score (nSPS) is 18.2. The number of aromatic nitrogens is 2. The van der Waals surface area contributed by atoms with Crippen LogP contribution in [-0.2, 0) is 28.1 Å². The molecule has 2 heterocycles. The highest BCUT2D eigenvalue weighted by Crippen LogP contribution is 2.38. The molecule has 1 aromatic rings. The zero-order valence-electron chi connectivity index (χ0n) is 18.2. The van der Waals surface area contributed by atoms with Crippen molar-refractivity contribution >= 4 is 19.5 Å². The van der Waals surface area contributed by atoms with Crippen molar-refractivity contribution in [1.29, 1.82) is 0 Å². The van der Waals surface area contributed by atoms with E-state index in [2.05, 4.69) is 21.3 Å². The minimum atomic E-state index is -4.94. The largest absolute Gasteiger partial charge is 0.471 e. The van der Waals surface area contributed by atoms with Crippen molar-refractivity contribution in [2.75, 3.05) is 45.3 Å². The zero-order valence-corrected chi connectivity index (χ0v) is 19.1. The van der Waals surface area contributed by atoms with Crippen molar-refractivity contribution in [3.8, 4) is 11.8 Å². The molecule has 0 radical (unpaired) electrons. The van der Waals surface area contributed by atoms with Gasteiger partial charge >= 0.3 is 25.6 Å². The molecule has 0 spiro atoms. The fraction of sp³-hybridized carbons (Fsp3) is 0.611. The summed E-state index contributed by atoms with van der Waals surface area (Å²) in [5, 5.41) is 1.66. The van der Waals surface area contributed by atoms with Crippen molar-refractivity contribution in [1.82, 2.24) is 14.9 Å². The third kappa shape index (κ3) is 10.3. The Balaban J connectivity index is 1.76. The maximum atomic E-state index is 12.2. The minimum Gasteiger partial charge on any atom is -0.382 e. The van der Waals surface area contributed by atoms with Crippen molar-refractivity contribution < 1.29 is 51.1 Å². The fourth-order valence-electron chi connectivity index (χ4n) is 2.79. The van der Waals surface area contributed by atoms with Crippen molar-refractivity contribution in [2.24, 2.45) is 0 Å². The van der Waals surface area contributed by atoms with E-state index in [9.17, 15) is 27.3 Å². The van der Waals surface area contributed by atoms with Gasteiger partial charge in [0.1, 0.15) is 18.7 Å². The standard InChI is InChI=1S/C18H24F3N4O9P/c19-18(20,21)16(26)23-5-7-32-9-8-31-6-1-2-12-10-25(17(27)24-15(12)22)14-4-3-13(34-14)11-33-35(28,29)30/h10,13-14H,3-9,11H2,(H,23,26)(H2,22,24,27)(H2,28,29,30). The molecular weight excluding hydrogens is 504 g/mol. The van der Waals surface area contributed by atoms with Crippen LogP contribution in [0.25, 0.3) is 0 Å². The molecule has 1 amide bonds. The average Bonchev–Trinajstić information content (AvgIpc) is 3.22. The third-order valence-electron chi connectivity index (χ3n) is 4.36. The second-order valence-corrected chi connectivity index (χ2v) is 8.27. The van der Waals surface area contributed by atoms with Crippen LogP contribution in [0, 0.1) is 11.8 Å². The molecule has 2 atom stereocenters. The lowest BCUT2D eigenvalue weighted by molar-refractivity contribution is -0.173. The van der Waals surface area contributed by atoms with Crippen LogP contribution in [0.2, 0.25) is 0 Å². The number of carbonyl (C=O) groups excluding carboxylic acids is 1. The van der Waals surface area contributed by atoms with Crippen LogP contribution in [0.5, 0.6) is 0 Å². The maximum absolute atomic E-state index is 12.2. The van der Waals surface area contributed by atoms with E-state index in [4.69, 9.17) is 29.7 Å². The van der Waals surface area contributed by atoms with E-state index < -0.39 is 37.9 Å². The van der Waals surface area contributed by atoms with Crippen LogP contribution < -0.4 is 16.7 Å². The zero-order chi connectivity index (χ0) is 26.1. The maximum Gasteiger partial charge on any atom is 0.471 e. The minimum absolute atomic E-state index is 0.0472. The molecule has 0 aliphatic carbocycles. The van der Waals surface area contributed by atoms with Gasteiger partial charge in [-0.25, -0.2) is 9.36 Å². The van der Waals surface area contributed by atoms with Crippen LogP contribution >= 0.6 is 7.82 Å². The van der Waals surface area contributed by atoms with E-state index in [0.717, 1.165) is 0 Å². The average molecular weight is 528 g/mol. The number of nitrogen functional groups attached to an aromatic ring is 1. The first-order valence-corrected chi connectivity index (χ1v) is 11.6. The number of halogens is 3. The number of phosphoric acid groups is 1. The number of amides is 1. The monoisotopic (exact) mass is 528 g/mol. The Labute approximate surface area is 196 Å². The van der Waals surface area contributed by atoms with Gasteiger partial charge in [-0.05, 0) is 12.8 Å². The summed E-state index contributed by atoms with van der Waals surface area (Å²) < 4.78 is 68.2. The van der Waals surface area contributed by atoms with Crippen LogP contribution in [0.4, 0.5) is 19.0 Å². The van der Waals surface area contributed by atoms with Crippen LogP contribution in [0.1, 0.15) is 24.6 Å². The molecule has 1 aliphatic rings. The molecule has 1 aromatic heterocycles. The van der Waals surface area contributed by atoms with Crippen LogP contribution in [0.15, 0.2) is 11.0 Å². The molecule has 5 N–H and O–H groups in total. The summed E-state index contributed by atoms with van der Waals surface area (Å²) in [6.07, 6.45) is -4.18. The first kappa shape index (κ1) is 28.7. The lowest BCUT2D eigenvalue weighted by Crippen LogP contribution is -2.38. The number of hydrogen-bond donors (Lipinski definition) is 4. The van der Waals surface area contributed by atoms with Crippen molar-refractivity contribution in [3.63, 3.8) is 0 Å². The number of rotatable bonds is 11. The molecular formula is C18H24F3N4O9P. The van der Waals surface area contributed by atoms with Crippen LogP contribution in [-0.4, -0.2) is 77.1 Å². The Hall–Kier alpha value is -2.51. The molecule has 2 rings (SSSR count). The smallest absolute Gasteiger partial charge is 0.382 e. The number of phosphoric ester groups is 1. The molecule has 2 unspecified atom stereocenters. The molecule has 0 aromatic carbocycles. The van der Waals surface area contributed by atoms with Gasteiger partial charge in [-0.2, -0.15) is 18.2 Å². The topological polar surface area (TPSA) is 184 Å². The number of hydrogen-bond acceptors (Lipinski definition) is 9. The van der Waals surface area contributed by atoms with Gasteiger partial charge in [-0.3, -0.25) is 13.9 Å². The molecule has 1 saturated heterocycles. The van der Waals surface area contributed by atoms with Gasteiger partial charge < -0.3 is 35.0 Å². The third-order valence-corrected chi connectivity index (χ3v) is 4.85. The van der Waals surface area contributed by atoms with Crippen molar-refractivity contribution in [2.45, 2.75) is 31.3 Å². The summed E-state index contributed by atoms with van der Waals surface area (Å²) in [5.74, 6) is 3.21.